The Morgan fingerprint density at radius 2 is 1.71 bits per heavy atom. The first kappa shape index (κ1) is 52.3. The molecule has 10 atom stereocenters. The molecule has 23 nitrogen and oxygen atoms in total. The van der Waals surface area contributed by atoms with Crippen LogP contribution in [0, 0.1) is 17.2 Å². The molecule has 0 bridgehead atoms. The van der Waals surface area contributed by atoms with Crippen molar-refractivity contribution in [1.82, 2.24) is 39.0 Å². The maximum Gasteiger partial charge on any atom is 0.522 e. The third-order valence-electron chi connectivity index (χ3n) is 11.6. The van der Waals surface area contributed by atoms with Crippen LogP contribution in [0.1, 0.15) is 63.9 Å². The SMILES string of the molecule is CC(C)C(=O)Nc1nc2c(ncn2[C@@H]2O[C@H](CO)C(O[Si](C)(C)C(C)(C)C)[C@@H]2OP(O)(=S)OC[C@H]2O[C@@H](n3cnc4c(NC(=O)c5ccccc5)ncnc43)[C@@H](F)C2O[P+](=S)OCCC#N)c(=O)[nH]1. The Balaban J connectivity index is 1.18. The molecule has 6 heterocycles. The van der Waals surface area contributed by atoms with Crippen molar-refractivity contribution in [1.29, 1.82) is 5.26 Å². The van der Waals surface area contributed by atoms with E-state index in [4.69, 9.17) is 60.9 Å². The number of ether oxygens (including phenoxy) is 2. The van der Waals surface area contributed by atoms with Crippen LogP contribution in [0.2, 0.25) is 18.1 Å². The van der Waals surface area contributed by atoms with Crippen LogP contribution < -0.4 is 16.2 Å². The summed E-state index contributed by atoms with van der Waals surface area (Å²) in [6, 6.07) is 10.3. The van der Waals surface area contributed by atoms with E-state index in [9.17, 15) is 24.4 Å². The quantitative estimate of drug-likeness (QED) is 0.0412. The van der Waals surface area contributed by atoms with E-state index in [1.54, 1.807) is 44.2 Å². The lowest BCUT2D eigenvalue weighted by Crippen LogP contribution is -2.50. The molecule has 29 heteroatoms. The van der Waals surface area contributed by atoms with Crippen LogP contribution in [0.3, 0.4) is 0 Å². The van der Waals surface area contributed by atoms with Gasteiger partial charge in [0.2, 0.25) is 23.7 Å². The standard InChI is InChI=1S/C40H50FN11O12P2S2Si/c1-21(2)34(54)49-39-48-33-27(36(56)50-39)46-20-52(33)38-30(29(23(16-53)60-38)64-69(6,7)40(3,4)5)63-66(57,68)59-17-24-28(62-65(67)58-15-11-14-42)25(41)37(61-24)51-19-45-26-31(43-18-44-32(26)51)47-35(55)22-12-9-8-10-13-22/h8-10,12-13,18-21,23-25,28-30,37-38,53H,11,15-17H2,1-7H3,(H3-,43,44,47,48,49,50,54,55,56,57,68)/p+1/t23-,24-,25+,28?,29?,30+,37-,38-,66?/m1/s1. The average Bonchev–Trinajstić information content (AvgIpc) is 4.07. The van der Waals surface area contributed by atoms with Crippen LogP contribution in [-0.4, -0.2) is 126 Å². The zero-order valence-electron chi connectivity index (χ0n) is 38.3. The first-order chi connectivity index (χ1) is 32.6. The molecule has 370 valence electrons. The van der Waals surface area contributed by atoms with Gasteiger partial charge in [0.05, 0.1) is 38.4 Å². The maximum atomic E-state index is 16.9. The number of H-pyrrole nitrogens is 1. The fourth-order valence-corrected chi connectivity index (χ4v) is 11.0. The first-order valence-corrected chi connectivity index (χ1v) is 29.2. The van der Waals surface area contributed by atoms with Gasteiger partial charge in [0.1, 0.15) is 37.4 Å². The van der Waals surface area contributed by atoms with Gasteiger partial charge >= 0.3 is 13.9 Å². The van der Waals surface area contributed by atoms with Crippen molar-refractivity contribution >= 4 is 91.7 Å². The average molecular weight is 1050 g/mol. The Morgan fingerprint density at radius 1 is 1.03 bits per heavy atom. The number of nitrogens with one attached hydrogen (secondary N) is 3. The van der Waals surface area contributed by atoms with Crippen LogP contribution in [-0.2, 0) is 60.4 Å². The summed E-state index contributed by atoms with van der Waals surface area (Å²) in [5.41, 5.74) is -0.302. The molecule has 0 saturated carbocycles. The number of carbonyl (C=O) groups excluding carboxylic acids is 2. The minimum atomic E-state index is -4.49. The Morgan fingerprint density at radius 3 is 2.38 bits per heavy atom. The molecule has 7 rings (SSSR count). The molecule has 2 aliphatic rings. The van der Waals surface area contributed by atoms with Crippen molar-refractivity contribution < 1.29 is 56.0 Å². The number of aromatic nitrogens is 8. The van der Waals surface area contributed by atoms with Crippen LogP contribution in [0.5, 0.6) is 0 Å². The van der Waals surface area contributed by atoms with E-state index in [1.807, 2.05) is 39.9 Å². The number of halogens is 1. The highest BCUT2D eigenvalue weighted by Gasteiger charge is 2.55. The number of anilines is 2. The molecule has 2 fully saturated rings. The minimum Gasteiger partial charge on any atom is -0.408 e. The number of hydrogen-bond donors (Lipinski definition) is 5. The van der Waals surface area contributed by atoms with Gasteiger partial charge in [-0.2, -0.15) is 10.2 Å². The van der Waals surface area contributed by atoms with Gasteiger partial charge in [-0.3, -0.25) is 38.3 Å². The van der Waals surface area contributed by atoms with Gasteiger partial charge in [0.15, 0.2) is 61.2 Å². The van der Waals surface area contributed by atoms with E-state index >= 15 is 4.39 Å². The molecule has 0 aliphatic carbocycles. The number of rotatable bonds is 19. The number of nitriles is 1. The molecule has 2 aliphatic heterocycles. The minimum absolute atomic E-state index is 0.0106. The van der Waals surface area contributed by atoms with Gasteiger partial charge in [-0.1, -0.05) is 52.8 Å². The predicted molar refractivity (Wildman–Crippen MR) is 256 cm³/mol. The van der Waals surface area contributed by atoms with E-state index in [-0.39, 0.29) is 52.2 Å². The predicted octanol–water partition coefficient (Wildman–Crippen LogP) is 5.03. The van der Waals surface area contributed by atoms with E-state index in [2.05, 4.69) is 40.5 Å². The summed E-state index contributed by atoms with van der Waals surface area (Å²) in [5, 5.41) is 24.6. The van der Waals surface area contributed by atoms with Crippen LogP contribution in [0.15, 0.2) is 54.1 Å². The van der Waals surface area contributed by atoms with Crippen molar-refractivity contribution in [2.75, 3.05) is 30.5 Å². The number of amides is 2. The Bertz CT molecular complexity index is 2850. The molecule has 4 aromatic heterocycles. The van der Waals surface area contributed by atoms with Gasteiger partial charge in [-0.05, 0) is 42.1 Å². The van der Waals surface area contributed by atoms with Crippen molar-refractivity contribution in [3.05, 3.63) is 65.2 Å². The highest BCUT2D eigenvalue weighted by molar-refractivity contribution is 8.07. The second-order valence-electron chi connectivity index (χ2n) is 17.7. The molecule has 5 aromatic rings. The molecule has 2 saturated heterocycles. The van der Waals surface area contributed by atoms with E-state index in [1.165, 1.54) is 21.8 Å². The summed E-state index contributed by atoms with van der Waals surface area (Å²) in [7, 11) is -4.95. The maximum absolute atomic E-state index is 16.9. The van der Waals surface area contributed by atoms with Crippen molar-refractivity contribution in [2.24, 2.45) is 5.92 Å². The third-order valence-corrected chi connectivity index (χ3v) is 19.0. The second-order valence-corrected chi connectivity index (χ2v) is 27.1. The summed E-state index contributed by atoms with van der Waals surface area (Å²) >= 11 is 11.0. The summed E-state index contributed by atoms with van der Waals surface area (Å²) in [6.45, 7) is 7.45. The van der Waals surface area contributed by atoms with E-state index in [0.29, 0.717) is 5.56 Å². The van der Waals surface area contributed by atoms with Crippen molar-refractivity contribution in [3.63, 3.8) is 0 Å². The molecule has 1 aromatic carbocycles. The molecule has 69 heavy (non-hydrogen) atoms. The number of carbonyl (C=O) groups is 2. The number of aromatic amines is 1. The normalized spacial score (nSPS) is 24.1. The van der Waals surface area contributed by atoms with Crippen LogP contribution in [0.25, 0.3) is 22.3 Å². The fourth-order valence-electron chi connectivity index (χ4n) is 7.01. The van der Waals surface area contributed by atoms with Gasteiger partial charge in [-0.15, -0.1) is 9.05 Å². The second kappa shape index (κ2) is 21.5. The van der Waals surface area contributed by atoms with E-state index < -0.39 is 108 Å². The molecular weight excluding hydrogens is 1000 g/mol. The fraction of sp³-hybridized carbons (Fsp3) is 0.525. The van der Waals surface area contributed by atoms with Gasteiger partial charge in [0.25, 0.3) is 11.5 Å². The van der Waals surface area contributed by atoms with Crippen molar-refractivity contribution in [3.8, 4) is 6.07 Å². The summed E-state index contributed by atoms with van der Waals surface area (Å²) in [6.07, 6.45) is -7.63. The lowest BCUT2D eigenvalue weighted by Gasteiger charge is -2.40. The zero-order valence-corrected chi connectivity index (χ0v) is 42.7. The Hall–Kier alpha value is -4.49. The van der Waals surface area contributed by atoms with Gasteiger partial charge in [-0.25, -0.2) is 24.3 Å². The number of fused-ring (bicyclic) bond motifs is 2. The van der Waals surface area contributed by atoms with Gasteiger partial charge < -0.3 is 33.7 Å². The number of alkyl halides is 1. The van der Waals surface area contributed by atoms with Gasteiger partial charge in [0, 0.05) is 11.5 Å². The number of aliphatic hydroxyl groups is 1. The Kier molecular flexibility index (Phi) is 16.3. The molecular formula is C40H51FN11O12P2S2Si+. The highest BCUT2D eigenvalue weighted by Crippen LogP contribution is 2.52. The Labute approximate surface area is 406 Å². The molecule has 0 spiro atoms. The molecule has 5 N–H and O–H groups in total. The number of aliphatic hydroxyl groups excluding tert-OH is 1. The summed E-state index contributed by atoms with van der Waals surface area (Å²) < 4.78 is 62.5. The number of benzene rings is 1. The monoisotopic (exact) mass is 1050 g/mol. The smallest absolute Gasteiger partial charge is 0.408 e. The van der Waals surface area contributed by atoms with Crippen LogP contribution >= 0.6 is 13.9 Å². The van der Waals surface area contributed by atoms with E-state index in [0.717, 1.165) is 6.33 Å². The topological polar surface area (TPSA) is 294 Å². The number of imidazole rings is 2. The first-order valence-electron chi connectivity index (χ1n) is 21.5. The highest BCUT2D eigenvalue weighted by atomic mass is 32.5. The summed E-state index contributed by atoms with van der Waals surface area (Å²) in [4.78, 5) is 74.8. The lowest BCUT2D eigenvalue weighted by molar-refractivity contribution is -0.118. The summed E-state index contributed by atoms with van der Waals surface area (Å²) in [5.74, 6) is -1.47. The number of nitrogens with zero attached hydrogens (tertiary/aromatic N) is 8. The number of hydrogen-bond acceptors (Lipinski definition) is 19. The molecule has 0 radical (unpaired) electrons. The third kappa shape index (κ3) is 11.7. The molecule has 2 amide bonds. The van der Waals surface area contributed by atoms with Crippen molar-refractivity contribution in [2.45, 2.75) is 108 Å². The zero-order chi connectivity index (χ0) is 50.0. The largest absolute Gasteiger partial charge is 0.522 e. The van der Waals surface area contributed by atoms with Crippen LogP contribution in [0.4, 0.5) is 16.2 Å². The molecule has 4 unspecified atom stereocenters. The lowest BCUT2D eigenvalue weighted by atomic mass is 10.1.